The van der Waals surface area contributed by atoms with E-state index in [4.69, 9.17) is 0 Å². The molecule has 0 aliphatic heterocycles. The molecule has 0 heterocycles. The van der Waals surface area contributed by atoms with Crippen molar-refractivity contribution >= 4 is 26.6 Å². The Balaban J connectivity index is 2.53. The van der Waals surface area contributed by atoms with Gasteiger partial charge in [-0.05, 0) is 0 Å². The van der Waals surface area contributed by atoms with Crippen LogP contribution in [0.1, 0.15) is 19.8 Å². The van der Waals surface area contributed by atoms with Crippen LogP contribution in [-0.4, -0.2) is 26.6 Å². The number of hydrogen-bond donors (Lipinski definition) is 0. The van der Waals surface area contributed by atoms with Gasteiger partial charge in [-0.3, -0.25) is 0 Å². The van der Waals surface area contributed by atoms with Crippen molar-refractivity contribution in [2.75, 3.05) is 0 Å². The van der Waals surface area contributed by atoms with Gasteiger partial charge in [-0.2, -0.15) is 0 Å². The highest BCUT2D eigenvalue weighted by molar-refractivity contribution is 7.29. The molecule has 0 bridgehead atoms. The van der Waals surface area contributed by atoms with E-state index in [1.165, 1.54) is 45.5 Å². The maximum atomic E-state index is 2.30. The molecule has 0 aromatic carbocycles. The summed E-state index contributed by atoms with van der Waals surface area (Å²) in [6.45, 7) is 4.57. The minimum atomic E-state index is 1.21. The quantitative estimate of drug-likeness (QED) is 0.414. The molecule has 0 aromatic rings. The van der Waals surface area contributed by atoms with E-state index in [0.29, 0.717) is 0 Å². The molecule has 0 spiro atoms. The molecule has 3 heteroatoms. The molecule has 0 aliphatic carbocycles. The molecule has 0 rings (SSSR count). The molecule has 0 unspecified atom stereocenters. The van der Waals surface area contributed by atoms with Crippen molar-refractivity contribution < 1.29 is 0 Å². The van der Waals surface area contributed by atoms with Crippen LogP contribution in [0.2, 0.25) is 12.6 Å². The summed E-state index contributed by atoms with van der Waals surface area (Å²) in [4.78, 5) is 0. The Hall–Kier alpha value is 0.651. The molecular weight excluding hydrogens is 144 g/mol. The van der Waals surface area contributed by atoms with Crippen LogP contribution in [0.25, 0.3) is 0 Å². The largest absolute Gasteiger partial charge is 0.0761 e. The molecule has 0 saturated carbocycles. The lowest BCUT2D eigenvalue weighted by molar-refractivity contribution is 0.882. The van der Waals surface area contributed by atoms with Crippen LogP contribution in [0.3, 0.4) is 0 Å². The third-order valence-electron chi connectivity index (χ3n) is 0.869. The first kappa shape index (κ1) is 8.65. The van der Waals surface area contributed by atoms with E-state index < -0.39 is 0 Å². The zero-order valence-corrected chi connectivity index (χ0v) is 8.62. The van der Waals surface area contributed by atoms with E-state index >= 15 is 0 Å². The third-order valence-corrected chi connectivity index (χ3v) is 7.77. The van der Waals surface area contributed by atoms with Gasteiger partial charge in [0.15, 0.2) is 0 Å². The average Bonchev–Trinajstić information content (AvgIpc) is 1.81. The zero-order chi connectivity index (χ0) is 6.24. The fourth-order valence-corrected chi connectivity index (χ4v) is 5.40. The van der Waals surface area contributed by atoms with Crippen molar-refractivity contribution in [3.05, 3.63) is 0 Å². The number of rotatable bonds is 5. The summed E-state index contributed by atoms with van der Waals surface area (Å²) < 4.78 is 0. The Kier molecular flexibility index (Phi) is 8.27. The Morgan fingerprint density at radius 3 is 2.62 bits per heavy atom. The van der Waals surface area contributed by atoms with Crippen molar-refractivity contribution in [3.63, 3.8) is 0 Å². The van der Waals surface area contributed by atoms with Crippen molar-refractivity contribution in [3.8, 4) is 0 Å². The van der Waals surface area contributed by atoms with E-state index in [-0.39, 0.29) is 0 Å². The van der Waals surface area contributed by atoms with Gasteiger partial charge >= 0.3 is 0 Å². The zero-order valence-electron chi connectivity index (χ0n) is 5.62. The Morgan fingerprint density at radius 2 is 2.12 bits per heavy atom. The molecule has 0 N–H and O–H groups in total. The topological polar surface area (TPSA) is 0 Å². The van der Waals surface area contributed by atoms with Gasteiger partial charge in [-0.25, -0.2) is 0 Å². The Bertz CT molecular complexity index is 32.7. The lowest BCUT2D eigenvalue weighted by Crippen LogP contribution is -2.08. The summed E-state index contributed by atoms with van der Waals surface area (Å²) in [5.41, 5.74) is 0. The maximum Gasteiger partial charge on any atom is 0.0183 e. The minimum absolute atomic E-state index is 1.21. The second-order valence-corrected chi connectivity index (χ2v) is 8.82. The summed E-state index contributed by atoms with van der Waals surface area (Å²) in [6.07, 6.45) is 2.83. The fourth-order valence-electron chi connectivity index (χ4n) is 0.416. The standard InChI is InChI=1S/C5H12Si3/c1-3-4-5-7-8-6-2/h3-5H2,1-2H3. The van der Waals surface area contributed by atoms with Crippen molar-refractivity contribution in [1.82, 2.24) is 0 Å². The molecular formula is C5H12Si3. The molecule has 8 heavy (non-hydrogen) atoms. The first-order chi connectivity index (χ1) is 3.91. The lowest BCUT2D eigenvalue weighted by Gasteiger charge is -1.91. The maximum absolute atomic E-state index is 2.30. The molecule has 0 saturated heterocycles. The lowest BCUT2D eigenvalue weighted by atomic mass is 10.4. The Morgan fingerprint density at radius 1 is 1.38 bits per heavy atom. The van der Waals surface area contributed by atoms with Crippen LogP contribution >= 0.6 is 0 Å². The van der Waals surface area contributed by atoms with Crippen molar-refractivity contribution in [1.29, 1.82) is 0 Å². The molecule has 6 radical (unpaired) electrons. The summed E-state index contributed by atoms with van der Waals surface area (Å²) in [7, 11) is 3.77. The van der Waals surface area contributed by atoms with Crippen LogP contribution in [0.4, 0.5) is 0 Å². The summed E-state index contributed by atoms with van der Waals surface area (Å²) in [6, 6.07) is 1.50. The van der Waals surface area contributed by atoms with Gasteiger partial charge in [0.2, 0.25) is 0 Å². The van der Waals surface area contributed by atoms with Crippen molar-refractivity contribution in [2.45, 2.75) is 32.4 Å². The van der Waals surface area contributed by atoms with E-state index in [9.17, 15) is 0 Å². The molecule has 0 aromatic heterocycles. The molecule has 0 fully saturated rings. The molecule has 44 valence electrons. The monoisotopic (exact) mass is 156 g/mol. The number of hydrogen-bond acceptors (Lipinski definition) is 0. The molecule has 0 nitrogen and oxygen atoms in total. The van der Waals surface area contributed by atoms with Crippen LogP contribution in [0, 0.1) is 0 Å². The van der Waals surface area contributed by atoms with Gasteiger partial charge in [-0.1, -0.05) is 32.4 Å². The van der Waals surface area contributed by atoms with Crippen LogP contribution in [-0.2, 0) is 0 Å². The minimum Gasteiger partial charge on any atom is -0.0761 e. The first-order valence-electron chi connectivity index (χ1n) is 3.06. The van der Waals surface area contributed by atoms with E-state index in [2.05, 4.69) is 13.5 Å². The predicted octanol–water partition coefficient (Wildman–Crippen LogP) is 1.20. The highest BCUT2D eigenvalue weighted by Gasteiger charge is 1.86. The number of unbranched alkanes of at least 4 members (excludes halogenated alkanes) is 1. The smallest absolute Gasteiger partial charge is 0.0183 e. The van der Waals surface area contributed by atoms with Gasteiger partial charge in [0, 0.05) is 26.6 Å². The predicted molar refractivity (Wildman–Crippen MR) is 42.8 cm³/mol. The second kappa shape index (κ2) is 7.65. The first-order valence-corrected chi connectivity index (χ1v) is 8.77. The van der Waals surface area contributed by atoms with Crippen LogP contribution in [0.15, 0.2) is 0 Å². The van der Waals surface area contributed by atoms with Gasteiger partial charge in [0.1, 0.15) is 0 Å². The molecule has 0 aliphatic rings. The van der Waals surface area contributed by atoms with Crippen LogP contribution < -0.4 is 0 Å². The summed E-state index contributed by atoms with van der Waals surface area (Å²) in [5.74, 6) is 0. The summed E-state index contributed by atoms with van der Waals surface area (Å²) in [5, 5.41) is 0. The average molecular weight is 156 g/mol. The van der Waals surface area contributed by atoms with Crippen LogP contribution in [0.5, 0.6) is 0 Å². The van der Waals surface area contributed by atoms with E-state index in [0.717, 1.165) is 0 Å². The highest BCUT2D eigenvalue weighted by Crippen LogP contribution is 1.90. The SMILES string of the molecule is CCCC[Si][Si][Si]C. The van der Waals surface area contributed by atoms with Gasteiger partial charge in [0.05, 0.1) is 0 Å². The summed E-state index contributed by atoms with van der Waals surface area (Å²) >= 11 is 0. The Labute approximate surface area is 59.5 Å². The van der Waals surface area contributed by atoms with E-state index in [1.54, 1.807) is 0 Å². The second-order valence-electron chi connectivity index (χ2n) is 1.66. The highest BCUT2D eigenvalue weighted by atomic mass is 29.5. The van der Waals surface area contributed by atoms with Gasteiger partial charge in [0.25, 0.3) is 0 Å². The third kappa shape index (κ3) is 6.65. The van der Waals surface area contributed by atoms with Crippen molar-refractivity contribution in [2.24, 2.45) is 0 Å². The normalized spacial score (nSPS) is 9.75. The fraction of sp³-hybridized carbons (Fsp3) is 1.00. The van der Waals surface area contributed by atoms with Gasteiger partial charge < -0.3 is 0 Å². The van der Waals surface area contributed by atoms with Gasteiger partial charge in [-0.15, -0.1) is 0 Å². The van der Waals surface area contributed by atoms with E-state index in [1.807, 2.05) is 0 Å². The molecule has 0 atom stereocenters. The molecule has 0 amide bonds.